The molecule has 0 aliphatic carbocycles. The molecule has 0 aliphatic rings. The van der Waals surface area contributed by atoms with Gasteiger partial charge in [-0.2, -0.15) is 4.98 Å². The van der Waals surface area contributed by atoms with Crippen LogP contribution < -0.4 is 20.9 Å². The van der Waals surface area contributed by atoms with E-state index in [-0.39, 0.29) is 24.0 Å². The van der Waals surface area contributed by atoms with Gasteiger partial charge in [-0.1, -0.05) is 12.1 Å². The molecular formula is C19H20FN5O3. The third kappa shape index (κ3) is 4.63. The molecule has 4 N–H and O–H groups in total. The summed E-state index contributed by atoms with van der Waals surface area (Å²) in [5.74, 6) is -0.0170. The van der Waals surface area contributed by atoms with Gasteiger partial charge in [-0.25, -0.2) is 9.37 Å². The molecule has 2 heterocycles. The maximum atomic E-state index is 14.1. The smallest absolute Gasteiger partial charge is 0.271 e. The van der Waals surface area contributed by atoms with Crippen LogP contribution in [-0.2, 0) is 0 Å². The van der Waals surface area contributed by atoms with Crippen molar-refractivity contribution in [2.24, 2.45) is 0 Å². The summed E-state index contributed by atoms with van der Waals surface area (Å²) in [4.78, 5) is 22.6. The lowest BCUT2D eigenvalue weighted by atomic mass is 10.1. The number of aliphatic hydroxyl groups excluding tert-OH is 1. The molecule has 0 saturated heterocycles. The number of methoxy groups -OCH3 is 1. The van der Waals surface area contributed by atoms with Gasteiger partial charge in [-0.15, -0.1) is 0 Å². The van der Waals surface area contributed by atoms with Gasteiger partial charge < -0.3 is 25.5 Å². The largest absolute Gasteiger partial charge is 0.497 e. The topological polar surface area (TPSA) is 112 Å². The van der Waals surface area contributed by atoms with Gasteiger partial charge in [0.05, 0.1) is 19.4 Å². The summed E-state index contributed by atoms with van der Waals surface area (Å²) in [5.41, 5.74) is 1.29. The van der Waals surface area contributed by atoms with Crippen molar-refractivity contribution in [3.05, 3.63) is 58.9 Å². The number of halogens is 1. The molecule has 0 saturated carbocycles. The van der Waals surface area contributed by atoms with Crippen molar-refractivity contribution in [1.82, 2.24) is 15.0 Å². The van der Waals surface area contributed by atoms with Gasteiger partial charge in [0.1, 0.15) is 11.4 Å². The first kappa shape index (κ1) is 19.3. The average molecular weight is 385 g/mol. The van der Waals surface area contributed by atoms with Crippen LogP contribution in [0.5, 0.6) is 5.75 Å². The van der Waals surface area contributed by atoms with Gasteiger partial charge in [-0.3, -0.25) is 4.79 Å². The van der Waals surface area contributed by atoms with Gasteiger partial charge in [-0.05, 0) is 30.7 Å². The number of rotatable bonds is 7. The zero-order chi connectivity index (χ0) is 20.1. The average Bonchev–Trinajstić information content (AvgIpc) is 2.70. The van der Waals surface area contributed by atoms with Crippen LogP contribution in [0.25, 0.3) is 11.1 Å². The normalized spacial score (nSPS) is 11.7. The number of anilines is 3. The van der Waals surface area contributed by atoms with Gasteiger partial charge in [0.2, 0.25) is 5.95 Å². The number of nitrogens with one attached hydrogen (secondary N) is 3. The molecule has 8 nitrogen and oxygen atoms in total. The Bertz CT molecular complexity index is 1010. The van der Waals surface area contributed by atoms with Crippen LogP contribution in [0.4, 0.5) is 21.8 Å². The third-order valence-corrected chi connectivity index (χ3v) is 3.88. The highest BCUT2D eigenvalue weighted by Gasteiger charge is 2.11. The fraction of sp³-hybridized carbons (Fsp3) is 0.211. The number of ether oxygens (including phenoxy) is 1. The molecule has 0 bridgehead atoms. The fourth-order valence-corrected chi connectivity index (χ4v) is 2.43. The van der Waals surface area contributed by atoms with Gasteiger partial charge in [0, 0.05) is 18.3 Å². The number of benzene rings is 1. The molecule has 146 valence electrons. The monoisotopic (exact) mass is 385 g/mol. The third-order valence-electron chi connectivity index (χ3n) is 3.88. The zero-order valence-corrected chi connectivity index (χ0v) is 15.4. The molecule has 3 rings (SSSR count). The maximum absolute atomic E-state index is 14.1. The number of aromatic amines is 1. The molecule has 0 fully saturated rings. The van der Waals surface area contributed by atoms with Gasteiger partial charge >= 0.3 is 0 Å². The highest BCUT2D eigenvalue weighted by Crippen LogP contribution is 2.24. The first-order valence-electron chi connectivity index (χ1n) is 8.55. The molecule has 1 atom stereocenters. The summed E-state index contributed by atoms with van der Waals surface area (Å²) in [6.45, 7) is 1.80. The van der Waals surface area contributed by atoms with Crippen LogP contribution in [0.1, 0.15) is 6.92 Å². The lowest BCUT2D eigenvalue weighted by Gasteiger charge is -2.11. The molecule has 0 unspecified atom stereocenters. The summed E-state index contributed by atoms with van der Waals surface area (Å²) in [5, 5.41) is 14.8. The molecule has 1 aromatic carbocycles. The second-order valence-electron chi connectivity index (χ2n) is 6.10. The van der Waals surface area contributed by atoms with Crippen LogP contribution in [0.15, 0.2) is 47.5 Å². The Kier molecular flexibility index (Phi) is 5.85. The molecule has 0 radical (unpaired) electrons. The molecule has 28 heavy (non-hydrogen) atoms. The molecule has 3 aromatic rings. The predicted octanol–water partition coefficient (Wildman–Crippen LogP) is 2.52. The van der Waals surface area contributed by atoms with Crippen molar-refractivity contribution in [2.75, 3.05) is 24.3 Å². The molecule has 0 spiro atoms. The van der Waals surface area contributed by atoms with Crippen molar-refractivity contribution in [1.29, 1.82) is 0 Å². The Morgan fingerprint density at radius 1 is 1.29 bits per heavy atom. The van der Waals surface area contributed by atoms with Crippen molar-refractivity contribution in [2.45, 2.75) is 13.0 Å². The summed E-state index contributed by atoms with van der Waals surface area (Å²) in [6.07, 6.45) is 1.94. The van der Waals surface area contributed by atoms with Gasteiger partial charge in [0.15, 0.2) is 11.6 Å². The Morgan fingerprint density at radius 2 is 2.04 bits per heavy atom. The standard InChI is InChI=1S/C19H20FN5O3/c1-11(26)8-22-19-23-10-15(20)17(25-19)24-16-7-13(9-21-18(16)27)12-3-5-14(28-2)6-4-12/h3-7,9-11,26H,8H2,1-2H3,(H,21,27)(H2,22,23,24,25)/t11-/m1/s1. The van der Waals surface area contributed by atoms with Crippen molar-refractivity contribution >= 4 is 17.5 Å². The first-order chi connectivity index (χ1) is 13.5. The second-order valence-corrected chi connectivity index (χ2v) is 6.10. The van der Waals surface area contributed by atoms with E-state index in [1.807, 2.05) is 12.1 Å². The number of aromatic nitrogens is 3. The van der Waals surface area contributed by atoms with Crippen LogP contribution >= 0.6 is 0 Å². The lowest BCUT2D eigenvalue weighted by molar-refractivity contribution is 0.208. The number of H-pyrrole nitrogens is 1. The Balaban J connectivity index is 1.87. The van der Waals surface area contributed by atoms with E-state index in [0.29, 0.717) is 5.75 Å². The molecule has 0 aliphatic heterocycles. The summed E-state index contributed by atoms with van der Waals surface area (Å²) < 4.78 is 19.2. The molecule has 2 aromatic heterocycles. The highest BCUT2D eigenvalue weighted by atomic mass is 19.1. The van der Waals surface area contributed by atoms with E-state index in [1.54, 1.807) is 38.4 Å². The number of hydrogen-bond acceptors (Lipinski definition) is 7. The Hall–Kier alpha value is -3.46. The fourth-order valence-electron chi connectivity index (χ4n) is 2.43. The van der Waals surface area contributed by atoms with E-state index in [1.165, 1.54) is 0 Å². The Morgan fingerprint density at radius 3 is 2.71 bits per heavy atom. The number of pyridine rings is 1. The minimum atomic E-state index is -0.711. The first-order valence-corrected chi connectivity index (χ1v) is 8.55. The minimum Gasteiger partial charge on any atom is -0.497 e. The Labute approximate surface area is 160 Å². The second kappa shape index (κ2) is 8.49. The summed E-state index contributed by atoms with van der Waals surface area (Å²) in [7, 11) is 1.58. The maximum Gasteiger partial charge on any atom is 0.271 e. The van der Waals surface area contributed by atoms with Crippen LogP contribution in [0.3, 0.4) is 0 Å². The van der Waals surface area contributed by atoms with Crippen LogP contribution in [-0.4, -0.2) is 39.8 Å². The predicted molar refractivity (Wildman–Crippen MR) is 104 cm³/mol. The van der Waals surface area contributed by atoms with Crippen LogP contribution in [0.2, 0.25) is 0 Å². The SMILES string of the molecule is COc1ccc(-c2c[nH]c(=O)c(Nc3nc(NC[C@@H](C)O)ncc3F)c2)cc1. The molecular weight excluding hydrogens is 365 g/mol. The van der Waals surface area contributed by atoms with Crippen molar-refractivity contribution < 1.29 is 14.2 Å². The highest BCUT2D eigenvalue weighted by molar-refractivity contribution is 5.69. The zero-order valence-electron chi connectivity index (χ0n) is 15.4. The van der Waals surface area contributed by atoms with E-state index in [4.69, 9.17) is 4.74 Å². The molecule has 9 heteroatoms. The summed E-state index contributed by atoms with van der Waals surface area (Å²) in [6, 6.07) is 8.90. The van der Waals surface area contributed by atoms with E-state index in [2.05, 4.69) is 25.6 Å². The quantitative estimate of drug-likeness (QED) is 0.494. The number of hydrogen-bond donors (Lipinski definition) is 4. The lowest BCUT2D eigenvalue weighted by Crippen LogP contribution is -2.18. The van der Waals surface area contributed by atoms with Crippen molar-refractivity contribution in [3.63, 3.8) is 0 Å². The summed E-state index contributed by atoms with van der Waals surface area (Å²) >= 11 is 0. The number of aliphatic hydroxyl groups is 1. The van der Waals surface area contributed by atoms with E-state index < -0.39 is 17.5 Å². The minimum absolute atomic E-state index is 0.132. The van der Waals surface area contributed by atoms with Gasteiger partial charge in [0.25, 0.3) is 5.56 Å². The van der Waals surface area contributed by atoms with Crippen LogP contribution in [0, 0.1) is 5.82 Å². The van der Waals surface area contributed by atoms with E-state index in [9.17, 15) is 14.3 Å². The van der Waals surface area contributed by atoms with Crippen molar-refractivity contribution in [3.8, 4) is 16.9 Å². The van der Waals surface area contributed by atoms with E-state index >= 15 is 0 Å². The number of nitrogens with zero attached hydrogens (tertiary/aromatic N) is 2. The van der Waals surface area contributed by atoms with E-state index in [0.717, 1.165) is 17.3 Å². The molecule has 0 amide bonds.